The van der Waals surface area contributed by atoms with Crippen LogP contribution in [0.4, 0.5) is 0 Å². The van der Waals surface area contributed by atoms with Crippen LogP contribution in [0.15, 0.2) is 0 Å². The van der Waals surface area contributed by atoms with Crippen molar-refractivity contribution in [2.75, 3.05) is 19.8 Å². The number of aliphatic hydroxyl groups is 1. The van der Waals surface area contributed by atoms with Gasteiger partial charge in [-0.15, -0.1) is 0 Å². The summed E-state index contributed by atoms with van der Waals surface area (Å²) in [6.07, 6.45) is 1.39. The van der Waals surface area contributed by atoms with E-state index in [0.29, 0.717) is 19.3 Å². The van der Waals surface area contributed by atoms with E-state index in [-0.39, 0.29) is 19.8 Å². The van der Waals surface area contributed by atoms with Crippen molar-refractivity contribution in [3.05, 3.63) is 0 Å². The van der Waals surface area contributed by atoms with Gasteiger partial charge < -0.3 is 19.3 Å². The van der Waals surface area contributed by atoms with Crippen molar-refractivity contribution < 1.29 is 33.7 Å². The Kier molecular flexibility index (Phi) is 11.0. The molecule has 0 bridgehead atoms. The van der Waals surface area contributed by atoms with Crippen LogP contribution in [0.3, 0.4) is 0 Å². The van der Waals surface area contributed by atoms with Crippen molar-refractivity contribution in [3.63, 3.8) is 0 Å². The van der Waals surface area contributed by atoms with Crippen LogP contribution in [0.5, 0.6) is 0 Å². The van der Waals surface area contributed by atoms with E-state index < -0.39 is 36.4 Å². The van der Waals surface area contributed by atoms with Gasteiger partial charge in [0.15, 0.2) is 5.60 Å². The van der Waals surface area contributed by atoms with Gasteiger partial charge in [0.25, 0.3) is 0 Å². The van der Waals surface area contributed by atoms with Crippen LogP contribution >= 0.6 is 0 Å². The number of carbonyl (C=O) groups excluding carboxylic acids is 3. The van der Waals surface area contributed by atoms with Gasteiger partial charge in [-0.2, -0.15) is 0 Å². The van der Waals surface area contributed by atoms with Crippen LogP contribution in [-0.2, 0) is 28.6 Å². The number of ether oxygens (including phenoxy) is 3. The lowest BCUT2D eigenvalue weighted by Gasteiger charge is -2.24. The molecule has 1 N–H and O–H groups in total. The smallest absolute Gasteiger partial charge is 0.339 e. The van der Waals surface area contributed by atoms with Crippen LogP contribution in [0, 0.1) is 0 Å². The largest absolute Gasteiger partial charge is 0.466 e. The minimum Gasteiger partial charge on any atom is -0.466 e. The van der Waals surface area contributed by atoms with Crippen molar-refractivity contribution in [2.24, 2.45) is 0 Å². The maximum Gasteiger partial charge on any atom is 0.339 e. The summed E-state index contributed by atoms with van der Waals surface area (Å²) in [6.45, 7) is 6.04. The fourth-order valence-corrected chi connectivity index (χ4v) is 1.66. The van der Waals surface area contributed by atoms with Gasteiger partial charge in [-0.25, -0.2) is 4.79 Å². The van der Waals surface area contributed by atoms with Gasteiger partial charge in [0.1, 0.15) is 0 Å². The zero-order valence-electron chi connectivity index (χ0n) is 14.3. The van der Waals surface area contributed by atoms with Gasteiger partial charge in [-0.1, -0.05) is 27.2 Å². The number of carbonyl (C=O) groups is 3. The predicted octanol–water partition coefficient (Wildman–Crippen LogP) is 1.75. The molecule has 0 aromatic carbocycles. The maximum absolute atomic E-state index is 12.1. The van der Waals surface area contributed by atoms with Crippen molar-refractivity contribution >= 4 is 17.9 Å². The highest BCUT2D eigenvalue weighted by atomic mass is 16.6. The average molecular weight is 332 g/mol. The summed E-state index contributed by atoms with van der Waals surface area (Å²) in [7, 11) is 0. The maximum atomic E-state index is 12.1. The molecule has 0 atom stereocenters. The van der Waals surface area contributed by atoms with Gasteiger partial charge in [0.2, 0.25) is 0 Å². The minimum absolute atomic E-state index is 0.117. The van der Waals surface area contributed by atoms with E-state index in [9.17, 15) is 19.5 Å². The molecule has 7 nitrogen and oxygen atoms in total. The average Bonchev–Trinajstić information content (AvgIpc) is 2.50. The molecule has 0 aromatic heterocycles. The SMILES string of the molecule is CCCCOC(=O)C(O)(CC(=O)OCCC)CC(=O)OCCC. The molecule has 0 saturated heterocycles. The number of rotatable bonds is 12. The molecular formula is C16H28O7. The van der Waals surface area contributed by atoms with Crippen LogP contribution < -0.4 is 0 Å². The Morgan fingerprint density at radius 2 is 1.26 bits per heavy atom. The summed E-state index contributed by atoms with van der Waals surface area (Å²) in [5.74, 6) is -2.52. The molecule has 0 saturated carbocycles. The van der Waals surface area contributed by atoms with E-state index in [1.165, 1.54) is 0 Å². The standard InChI is InChI=1S/C16H28O7/c1-4-7-10-23-15(19)16(20,11-13(17)21-8-5-2)12-14(18)22-9-6-3/h20H,4-12H2,1-3H3. The first kappa shape index (κ1) is 21.4. The molecule has 0 radical (unpaired) electrons. The number of unbranched alkanes of at least 4 members (excludes halogenated alkanes) is 1. The van der Waals surface area contributed by atoms with E-state index in [1.807, 2.05) is 20.8 Å². The second-order valence-corrected chi connectivity index (χ2v) is 5.32. The second-order valence-electron chi connectivity index (χ2n) is 5.32. The Morgan fingerprint density at radius 1 is 0.783 bits per heavy atom. The first-order valence-corrected chi connectivity index (χ1v) is 8.10. The Bertz CT molecular complexity index is 357. The lowest BCUT2D eigenvalue weighted by molar-refractivity contribution is -0.178. The summed E-state index contributed by atoms with van der Waals surface area (Å²) in [5, 5.41) is 10.4. The highest BCUT2D eigenvalue weighted by molar-refractivity contribution is 5.90. The van der Waals surface area contributed by atoms with Gasteiger partial charge in [0.05, 0.1) is 32.7 Å². The second kappa shape index (κ2) is 11.9. The number of hydrogen-bond donors (Lipinski definition) is 1. The monoisotopic (exact) mass is 332 g/mol. The van der Waals surface area contributed by atoms with Crippen molar-refractivity contribution in [3.8, 4) is 0 Å². The van der Waals surface area contributed by atoms with Gasteiger partial charge >= 0.3 is 17.9 Å². The summed E-state index contributed by atoms with van der Waals surface area (Å²) >= 11 is 0. The molecule has 0 spiro atoms. The summed E-state index contributed by atoms with van der Waals surface area (Å²) in [5.41, 5.74) is -2.26. The molecule has 0 aliphatic rings. The fourth-order valence-electron chi connectivity index (χ4n) is 1.66. The zero-order chi connectivity index (χ0) is 17.7. The van der Waals surface area contributed by atoms with Crippen molar-refractivity contribution in [1.82, 2.24) is 0 Å². The molecule has 23 heavy (non-hydrogen) atoms. The van der Waals surface area contributed by atoms with Gasteiger partial charge in [0, 0.05) is 0 Å². The van der Waals surface area contributed by atoms with Gasteiger partial charge in [-0.05, 0) is 19.3 Å². The molecule has 0 unspecified atom stereocenters. The highest BCUT2D eigenvalue weighted by Crippen LogP contribution is 2.20. The van der Waals surface area contributed by atoms with E-state index in [0.717, 1.165) is 6.42 Å². The van der Waals surface area contributed by atoms with Crippen LogP contribution in [0.2, 0.25) is 0 Å². The Balaban J connectivity index is 4.83. The molecule has 0 heterocycles. The first-order chi connectivity index (χ1) is 10.9. The molecular weight excluding hydrogens is 304 g/mol. The van der Waals surface area contributed by atoms with E-state index >= 15 is 0 Å². The summed E-state index contributed by atoms with van der Waals surface area (Å²) in [4.78, 5) is 35.5. The third-order valence-corrected chi connectivity index (χ3v) is 2.92. The predicted molar refractivity (Wildman–Crippen MR) is 82.6 cm³/mol. The fraction of sp³-hybridized carbons (Fsp3) is 0.812. The third-order valence-electron chi connectivity index (χ3n) is 2.92. The molecule has 0 aliphatic heterocycles. The zero-order valence-corrected chi connectivity index (χ0v) is 14.3. The Morgan fingerprint density at radius 3 is 1.65 bits per heavy atom. The molecule has 0 rings (SSSR count). The van der Waals surface area contributed by atoms with E-state index in [2.05, 4.69) is 0 Å². The quantitative estimate of drug-likeness (QED) is 0.330. The Hall–Kier alpha value is -1.63. The van der Waals surface area contributed by atoms with E-state index in [1.54, 1.807) is 0 Å². The lowest BCUT2D eigenvalue weighted by atomic mass is 9.95. The Labute approximate surface area is 137 Å². The molecule has 0 fully saturated rings. The number of esters is 3. The van der Waals surface area contributed by atoms with Crippen LogP contribution in [0.25, 0.3) is 0 Å². The van der Waals surface area contributed by atoms with Gasteiger partial charge in [-0.3, -0.25) is 9.59 Å². The van der Waals surface area contributed by atoms with Crippen molar-refractivity contribution in [2.45, 2.75) is 64.9 Å². The van der Waals surface area contributed by atoms with Crippen LogP contribution in [0.1, 0.15) is 59.3 Å². The van der Waals surface area contributed by atoms with Crippen molar-refractivity contribution in [1.29, 1.82) is 0 Å². The summed E-state index contributed by atoms with van der Waals surface area (Å²) < 4.78 is 14.7. The van der Waals surface area contributed by atoms with Crippen LogP contribution in [-0.4, -0.2) is 48.4 Å². The molecule has 0 aliphatic carbocycles. The topological polar surface area (TPSA) is 99.1 Å². The highest BCUT2D eigenvalue weighted by Gasteiger charge is 2.43. The van der Waals surface area contributed by atoms with E-state index in [4.69, 9.17) is 14.2 Å². The minimum atomic E-state index is -2.26. The lowest BCUT2D eigenvalue weighted by Crippen LogP contribution is -2.45. The molecule has 134 valence electrons. The normalized spacial score (nSPS) is 11.0. The third kappa shape index (κ3) is 9.18. The summed E-state index contributed by atoms with van der Waals surface area (Å²) in [6, 6.07) is 0. The number of hydrogen-bond acceptors (Lipinski definition) is 7. The first-order valence-electron chi connectivity index (χ1n) is 8.10. The molecule has 0 amide bonds. The molecule has 0 aromatic rings. The molecule has 7 heteroatoms.